The number of rotatable bonds is 1. The lowest BCUT2D eigenvalue weighted by molar-refractivity contribution is 0.232. The summed E-state index contributed by atoms with van der Waals surface area (Å²) in [4.78, 5) is 0. The van der Waals surface area contributed by atoms with E-state index < -0.39 is 0 Å². The molecule has 3 rings (SSSR count). The molecule has 0 heterocycles. The van der Waals surface area contributed by atoms with Gasteiger partial charge in [0.1, 0.15) is 5.75 Å². The molecule has 0 aromatic heterocycles. The summed E-state index contributed by atoms with van der Waals surface area (Å²) < 4.78 is 0. The summed E-state index contributed by atoms with van der Waals surface area (Å²) in [5, 5.41) is 9.33. The molecule has 1 aromatic carbocycles. The van der Waals surface area contributed by atoms with Gasteiger partial charge >= 0.3 is 0 Å². The summed E-state index contributed by atoms with van der Waals surface area (Å²) in [6.45, 7) is 4.84. The van der Waals surface area contributed by atoms with Crippen LogP contribution in [0.2, 0.25) is 0 Å². The minimum absolute atomic E-state index is 0.383. The summed E-state index contributed by atoms with van der Waals surface area (Å²) in [5.74, 6) is 4.74. The fourth-order valence-corrected chi connectivity index (χ4v) is 4.05. The molecule has 1 heteroatoms. The molecule has 1 nitrogen and oxygen atoms in total. The van der Waals surface area contributed by atoms with Crippen molar-refractivity contribution in [2.75, 3.05) is 0 Å². The summed E-state index contributed by atoms with van der Waals surface area (Å²) in [5.41, 5.74) is 1.43. The molecule has 86 valence electrons. The van der Waals surface area contributed by atoms with Crippen LogP contribution < -0.4 is 0 Å². The zero-order chi connectivity index (χ0) is 11.3. The lowest BCUT2D eigenvalue weighted by Crippen LogP contribution is -2.22. The molecule has 2 saturated carbocycles. The average Bonchev–Trinajstić information content (AvgIpc) is 2.82. The van der Waals surface area contributed by atoms with Crippen LogP contribution in [0, 0.1) is 23.7 Å². The van der Waals surface area contributed by atoms with Crippen molar-refractivity contribution in [2.45, 2.75) is 32.6 Å². The summed E-state index contributed by atoms with van der Waals surface area (Å²) in [7, 11) is 0. The van der Waals surface area contributed by atoms with E-state index in [0.29, 0.717) is 5.75 Å². The molecule has 5 unspecified atom stereocenters. The van der Waals surface area contributed by atoms with Crippen LogP contribution in [0.1, 0.15) is 38.2 Å². The third-order valence-corrected chi connectivity index (χ3v) is 5.22. The van der Waals surface area contributed by atoms with E-state index in [-0.39, 0.29) is 0 Å². The maximum absolute atomic E-state index is 9.33. The average molecular weight is 216 g/mol. The van der Waals surface area contributed by atoms with Crippen molar-refractivity contribution in [3.8, 4) is 5.75 Å². The van der Waals surface area contributed by atoms with Gasteiger partial charge in [-0.2, -0.15) is 0 Å². The molecule has 2 aliphatic carbocycles. The van der Waals surface area contributed by atoms with Gasteiger partial charge in [0.2, 0.25) is 0 Å². The van der Waals surface area contributed by atoms with Crippen molar-refractivity contribution in [1.29, 1.82) is 0 Å². The Bertz CT molecular complexity index is 379. The number of benzene rings is 1. The Morgan fingerprint density at radius 1 is 1.00 bits per heavy atom. The van der Waals surface area contributed by atoms with Crippen LogP contribution in [0.25, 0.3) is 0 Å². The molecule has 2 fully saturated rings. The molecule has 1 N–H and O–H groups in total. The first-order valence-electron chi connectivity index (χ1n) is 6.45. The maximum atomic E-state index is 9.33. The maximum Gasteiger partial charge on any atom is 0.115 e. The second kappa shape index (κ2) is 3.51. The van der Waals surface area contributed by atoms with Crippen LogP contribution in [0.15, 0.2) is 24.3 Å². The highest BCUT2D eigenvalue weighted by Crippen LogP contribution is 2.58. The van der Waals surface area contributed by atoms with Gasteiger partial charge in [0.25, 0.3) is 0 Å². The van der Waals surface area contributed by atoms with Gasteiger partial charge in [-0.05, 0) is 60.1 Å². The van der Waals surface area contributed by atoms with Crippen LogP contribution in [-0.4, -0.2) is 5.11 Å². The van der Waals surface area contributed by atoms with Crippen molar-refractivity contribution in [3.63, 3.8) is 0 Å². The smallest absolute Gasteiger partial charge is 0.115 e. The molecular formula is C15H20O. The van der Waals surface area contributed by atoms with Gasteiger partial charge in [-0.1, -0.05) is 26.0 Å². The largest absolute Gasteiger partial charge is 0.508 e. The van der Waals surface area contributed by atoms with Gasteiger partial charge in [-0.25, -0.2) is 0 Å². The van der Waals surface area contributed by atoms with Gasteiger partial charge in [-0.3, -0.25) is 0 Å². The molecule has 0 aliphatic heterocycles. The Morgan fingerprint density at radius 3 is 2.25 bits per heavy atom. The fourth-order valence-electron chi connectivity index (χ4n) is 4.05. The lowest BCUT2D eigenvalue weighted by atomic mass is 9.73. The Labute approximate surface area is 97.5 Å². The predicted molar refractivity (Wildman–Crippen MR) is 65.4 cm³/mol. The normalized spacial score (nSPS) is 41.5. The summed E-state index contributed by atoms with van der Waals surface area (Å²) >= 11 is 0. The van der Waals surface area contributed by atoms with Crippen molar-refractivity contribution in [1.82, 2.24) is 0 Å². The standard InChI is InChI=1S/C15H20O/c1-9-10(2)14-7-12(9)8-15(14)11-3-5-13(16)6-4-11/h3-6,9-10,12,14-16H,7-8H2,1-2H3. The Balaban J connectivity index is 1.86. The van der Waals surface area contributed by atoms with Gasteiger partial charge in [0.05, 0.1) is 0 Å². The molecule has 0 radical (unpaired) electrons. The zero-order valence-electron chi connectivity index (χ0n) is 10.1. The first-order chi connectivity index (χ1) is 7.66. The van der Waals surface area contributed by atoms with Crippen LogP contribution in [0.3, 0.4) is 0 Å². The number of fused-ring (bicyclic) bond motifs is 2. The topological polar surface area (TPSA) is 20.2 Å². The molecule has 0 saturated heterocycles. The third kappa shape index (κ3) is 1.37. The van der Waals surface area contributed by atoms with Gasteiger partial charge in [0.15, 0.2) is 0 Å². The van der Waals surface area contributed by atoms with Crippen molar-refractivity contribution < 1.29 is 5.11 Å². The number of hydrogen-bond acceptors (Lipinski definition) is 1. The van der Waals surface area contributed by atoms with Crippen molar-refractivity contribution in [3.05, 3.63) is 29.8 Å². The predicted octanol–water partition coefficient (Wildman–Crippen LogP) is 3.79. The quantitative estimate of drug-likeness (QED) is 0.757. The summed E-state index contributed by atoms with van der Waals surface area (Å²) in [6, 6.07) is 7.88. The number of phenolic OH excluding ortho intramolecular Hbond substituents is 1. The molecule has 2 aliphatic rings. The fraction of sp³-hybridized carbons (Fsp3) is 0.600. The number of aromatic hydroxyl groups is 1. The minimum atomic E-state index is 0.383. The van der Waals surface area contributed by atoms with E-state index in [1.54, 1.807) is 0 Å². The van der Waals surface area contributed by atoms with E-state index in [4.69, 9.17) is 0 Å². The molecule has 16 heavy (non-hydrogen) atoms. The first-order valence-corrected chi connectivity index (χ1v) is 6.45. The molecule has 2 bridgehead atoms. The highest BCUT2D eigenvalue weighted by molar-refractivity contribution is 5.30. The van der Waals surface area contributed by atoms with Gasteiger partial charge < -0.3 is 5.11 Å². The zero-order valence-corrected chi connectivity index (χ0v) is 10.1. The van der Waals surface area contributed by atoms with E-state index in [2.05, 4.69) is 26.0 Å². The van der Waals surface area contributed by atoms with E-state index in [0.717, 1.165) is 29.6 Å². The number of hydrogen-bond donors (Lipinski definition) is 1. The van der Waals surface area contributed by atoms with Crippen LogP contribution >= 0.6 is 0 Å². The third-order valence-electron chi connectivity index (χ3n) is 5.22. The van der Waals surface area contributed by atoms with Gasteiger partial charge in [-0.15, -0.1) is 0 Å². The van der Waals surface area contributed by atoms with Gasteiger partial charge in [0, 0.05) is 0 Å². The molecule has 5 atom stereocenters. The molecule has 0 amide bonds. The van der Waals surface area contributed by atoms with Crippen molar-refractivity contribution >= 4 is 0 Å². The van der Waals surface area contributed by atoms with Crippen LogP contribution in [0.5, 0.6) is 5.75 Å². The lowest BCUT2D eigenvalue weighted by Gasteiger charge is -2.32. The summed E-state index contributed by atoms with van der Waals surface area (Å²) in [6.07, 6.45) is 2.79. The number of phenols is 1. The van der Waals surface area contributed by atoms with E-state index in [1.165, 1.54) is 18.4 Å². The van der Waals surface area contributed by atoms with E-state index in [1.807, 2.05) is 12.1 Å². The monoisotopic (exact) mass is 216 g/mol. The van der Waals surface area contributed by atoms with E-state index >= 15 is 0 Å². The first kappa shape index (κ1) is 10.2. The van der Waals surface area contributed by atoms with Crippen LogP contribution in [-0.2, 0) is 0 Å². The highest BCUT2D eigenvalue weighted by Gasteiger charge is 2.48. The molecule has 1 aromatic rings. The highest BCUT2D eigenvalue weighted by atomic mass is 16.3. The van der Waals surface area contributed by atoms with E-state index in [9.17, 15) is 5.11 Å². The second-order valence-electron chi connectivity index (χ2n) is 5.81. The Kier molecular flexibility index (Phi) is 2.24. The molecule has 0 spiro atoms. The second-order valence-corrected chi connectivity index (χ2v) is 5.81. The van der Waals surface area contributed by atoms with Crippen LogP contribution in [0.4, 0.5) is 0 Å². The Morgan fingerprint density at radius 2 is 1.69 bits per heavy atom. The molecular weight excluding hydrogens is 196 g/mol. The minimum Gasteiger partial charge on any atom is -0.508 e. The SMILES string of the molecule is CC1C2CC(c3ccc(O)cc3)C(C2)C1C. The van der Waals surface area contributed by atoms with Crippen molar-refractivity contribution in [2.24, 2.45) is 23.7 Å². The Hall–Kier alpha value is -0.980.